The number of hydrogen-bond donors (Lipinski definition) is 2. The van der Waals surface area contributed by atoms with Crippen molar-refractivity contribution in [2.75, 3.05) is 18.0 Å². The first-order valence-corrected chi connectivity index (χ1v) is 10.1. The molecule has 2 N–H and O–H groups in total. The van der Waals surface area contributed by atoms with E-state index >= 15 is 0 Å². The maximum absolute atomic E-state index is 12.3. The van der Waals surface area contributed by atoms with Crippen LogP contribution in [0.15, 0.2) is 48.5 Å². The Kier molecular flexibility index (Phi) is 6.88. The van der Waals surface area contributed by atoms with Crippen molar-refractivity contribution in [1.82, 2.24) is 10.6 Å². The van der Waals surface area contributed by atoms with Gasteiger partial charge in [-0.25, -0.2) is 0 Å². The van der Waals surface area contributed by atoms with Gasteiger partial charge in [0.2, 0.25) is 11.8 Å². The largest absolute Gasteiger partial charge is 0.348 e. The van der Waals surface area contributed by atoms with E-state index < -0.39 is 0 Å². The molecule has 0 saturated carbocycles. The number of halogens is 1. The molecule has 152 valence electrons. The van der Waals surface area contributed by atoms with E-state index in [-0.39, 0.29) is 30.3 Å². The molecule has 0 bridgehead atoms. The van der Waals surface area contributed by atoms with Gasteiger partial charge in [0.25, 0.3) is 5.91 Å². The second kappa shape index (κ2) is 9.56. The van der Waals surface area contributed by atoms with Crippen LogP contribution in [0.2, 0.25) is 5.02 Å². The fraction of sp³-hybridized carbons (Fsp3) is 0.318. The molecule has 1 aliphatic rings. The van der Waals surface area contributed by atoms with Gasteiger partial charge in [0.05, 0.1) is 12.6 Å². The first kappa shape index (κ1) is 20.9. The second-order valence-corrected chi connectivity index (χ2v) is 7.39. The quantitative estimate of drug-likeness (QED) is 0.729. The third-order valence-corrected chi connectivity index (χ3v) is 5.19. The van der Waals surface area contributed by atoms with Crippen LogP contribution in [0.1, 0.15) is 48.1 Å². The van der Waals surface area contributed by atoms with E-state index in [9.17, 15) is 14.4 Å². The molecule has 1 heterocycles. The van der Waals surface area contributed by atoms with Crippen LogP contribution in [-0.2, 0) is 9.59 Å². The average Bonchev–Trinajstić information content (AvgIpc) is 3.17. The summed E-state index contributed by atoms with van der Waals surface area (Å²) in [6.45, 7) is 2.57. The van der Waals surface area contributed by atoms with Gasteiger partial charge < -0.3 is 15.5 Å². The molecule has 0 spiro atoms. The standard InChI is InChI=1S/C22H24ClN3O3/c1-2-19(15-5-9-17(23)10-6-15)25-20(27)14-24-22(29)16-7-11-18(12-8-16)26-13-3-4-21(26)28/h5-12,19H,2-4,13-14H2,1H3,(H,24,29)(H,25,27)/t19-/m0/s1. The van der Waals surface area contributed by atoms with Crippen molar-refractivity contribution < 1.29 is 14.4 Å². The molecular formula is C22H24ClN3O3. The fourth-order valence-corrected chi connectivity index (χ4v) is 3.46. The molecule has 0 unspecified atom stereocenters. The van der Waals surface area contributed by atoms with Crippen LogP contribution in [0.5, 0.6) is 0 Å². The molecule has 7 heteroatoms. The van der Waals surface area contributed by atoms with Crippen molar-refractivity contribution >= 4 is 35.0 Å². The van der Waals surface area contributed by atoms with E-state index in [1.54, 1.807) is 41.3 Å². The van der Waals surface area contributed by atoms with Crippen molar-refractivity contribution in [3.63, 3.8) is 0 Å². The zero-order chi connectivity index (χ0) is 20.8. The Morgan fingerprint density at radius 3 is 2.38 bits per heavy atom. The molecule has 6 nitrogen and oxygen atoms in total. The molecule has 0 aromatic heterocycles. The molecule has 0 radical (unpaired) electrons. The average molecular weight is 414 g/mol. The van der Waals surface area contributed by atoms with E-state index in [0.29, 0.717) is 23.6 Å². The fourth-order valence-electron chi connectivity index (χ4n) is 3.34. The summed E-state index contributed by atoms with van der Waals surface area (Å²) in [6.07, 6.45) is 2.13. The highest BCUT2D eigenvalue weighted by molar-refractivity contribution is 6.30. The van der Waals surface area contributed by atoms with Crippen LogP contribution in [0.3, 0.4) is 0 Å². The maximum Gasteiger partial charge on any atom is 0.251 e. The smallest absolute Gasteiger partial charge is 0.251 e. The van der Waals surface area contributed by atoms with Crippen molar-refractivity contribution in [3.05, 3.63) is 64.7 Å². The molecule has 29 heavy (non-hydrogen) atoms. The van der Waals surface area contributed by atoms with E-state index in [4.69, 9.17) is 11.6 Å². The predicted octanol–water partition coefficient (Wildman–Crippen LogP) is 3.46. The minimum Gasteiger partial charge on any atom is -0.348 e. The van der Waals surface area contributed by atoms with E-state index in [1.165, 1.54) is 0 Å². The van der Waals surface area contributed by atoms with Crippen LogP contribution in [0, 0.1) is 0 Å². The molecule has 1 aliphatic heterocycles. The lowest BCUT2D eigenvalue weighted by molar-refractivity contribution is -0.121. The minimum absolute atomic E-state index is 0.102. The Morgan fingerprint density at radius 1 is 1.10 bits per heavy atom. The van der Waals surface area contributed by atoms with Gasteiger partial charge in [0.15, 0.2) is 0 Å². The highest BCUT2D eigenvalue weighted by Crippen LogP contribution is 2.22. The summed E-state index contributed by atoms with van der Waals surface area (Å²) < 4.78 is 0. The Balaban J connectivity index is 1.52. The summed E-state index contributed by atoms with van der Waals surface area (Å²) in [7, 11) is 0. The van der Waals surface area contributed by atoms with Gasteiger partial charge in [-0.05, 0) is 54.8 Å². The van der Waals surface area contributed by atoms with Gasteiger partial charge in [-0.1, -0.05) is 30.7 Å². The monoisotopic (exact) mass is 413 g/mol. The van der Waals surface area contributed by atoms with Crippen LogP contribution in [0.25, 0.3) is 0 Å². The topological polar surface area (TPSA) is 78.5 Å². The van der Waals surface area contributed by atoms with E-state index in [1.807, 2.05) is 19.1 Å². The van der Waals surface area contributed by atoms with Gasteiger partial charge in [-0.15, -0.1) is 0 Å². The van der Waals surface area contributed by atoms with Crippen LogP contribution < -0.4 is 15.5 Å². The molecule has 1 saturated heterocycles. The zero-order valence-electron chi connectivity index (χ0n) is 16.3. The minimum atomic E-state index is -0.334. The third-order valence-electron chi connectivity index (χ3n) is 4.94. The van der Waals surface area contributed by atoms with Gasteiger partial charge in [-0.3, -0.25) is 14.4 Å². The zero-order valence-corrected chi connectivity index (χ0v) is 17.0. The van der Waals surface area contributed by atoms with Crippen LogP contribution in [-0.4, -0.2) is 30.8 Å². The third kappa shape index (κ3) is 5.35. The lowest BCUT2D eigenvalue weighted by Crippen LogP contribution is -2.38. The molecule has 0 aliphatic carbocycles. The summed E-state index contributed by atoms with van der Waals surface area (Å²) in [5.41, 5.74) is 2.19. The maximum atomic E-state index is 12.3. The van der Waals surface area contributed by atoms with Crippen LogP contribution >= 0.6 is 11.6 Å². The number of nitrogens with zero attached hydrogens (tertiary/aromatic N) is 1. The van der Waals surface area contributed by atoms with Crippen molar-refractivity contribution in [3.8, 4) is 0 Å². The molecule has 3 rings (SSSR count). The normalized spacial score (nSPS) is 14.6. The van der Waals surface area contributed by atoms with E-state index in [0.717, 1.165) is 24.1 Å². The van der Waals surface area contributed by atoms with Gasteiger partial charge in [-0.2, -0.15) is 0 Å². The van der Waals surface area contributed by atoms with Crippen molar-refractivity contribution in [2.45, 2.75) is 32.2 Å². The lowest BCUT2D eigenvalue weighted by atomic mass is 10.0. The van der Waals surface area contributed by atoms with Gasteiger partial charge in [0, 0.05) is 29.2 Å². The molecule has 1 fully saturated rings. The number of benzene rings is 2. The number of rotatable bonds is 7. The number of carbonyl (C=O) groups excluding carboxylic acids is 3. The first-order valence-electron chi connectivity index (χ1n) is 9.71. The molecular weight excluding hydrogens is 390 g/mol. The van der Waals surface area contributed by atoms with Crippen molar-refractivity contribution in [2.24, 2.45) is 0 Å². The molecule has 2 aromatic rings. The Morgan fingerprint density at radius 2 is 1.79 bits per heavy atom. The Bertz CT molecular complexity index is 881. The summed E-state index contributed by atoms with van der Waals surface area (Å²) in [4.78, 5) is 38.1. The van der Waals surface area contributed by atoms with Gasteiger partial charge in [0.1, 0.15) is 0 Å². The predicted molar refractivity (Wildman–Crippen MR) is 113 cm³/mol. The Labute approximate surface area is 175 Å². The number of amides is 3. The van der Waals surface area contributed by atoms with Gasteiger partial charge >= 0.3 is 0 Å². The lowest BCUT2D eigenvalue weighted by Gasteiger charge is -2.18. The first-order chi connectivity index (χ1) is 14.0. The summed E-state index contributed by atoms with van der Waals surface area (Å²) in [6, 6.07) is 14.0. The number of nitrogens with one attached hydrogen (secondary N) is 2. The SMILES string of the molecule is CC[C@H](NC(=O)CNC(=O)c1ccc(N2CCCC2=O)cc1)c1ccc(Cl)cc1. The number of carbonyl (C=O) groups is 3. The molecule has 3 amide bonds. The summed E-state index contributed by atoms with van der Waals surface area (Å²) in [5.74, 6) is -0.497. The highest BCUT2D eigenvalue weighted by atomic mass is 35.5. The number of anilines is 1. The second-order valence-electron chi connectivity index (χ2n) is 6.96. The molecule has 2 aromatic carbocycles. The van der Waals surface area contributed by atoms with E-state index in [2.05, 4.69) is 10.6 Å². The van der Waals surface area contributed by atoms with Crippen molar-refractivity contribution in [1.29, 1.82) is 0 Å². The molecule has 1 atom stereocenters. The Hall–Kier alpha value is -2.86. The summed E-state index contributed by atoms with van der Waals surface area (Å²) >= 11 is 5.91. The van der Waals surface area contributed by atoms with Crippen LogP contribution in [0.4, 0.5) is 5.69 Å². The summed E-state index contributed by atoms with van der Waals surface area (Å²) in [5, 5.41) is 6.19. The highest BCUT2D eigenvalue weighted by Gasteiger charge is 2.21. The number of hydrogen-bond acceptors (Lipinski definition) is 3.